The van der Waals surface area contributed by atoms with E-state index in [1.807, 2.05) is 0 Å². The smallest absolute Gasteiger partial charge is 0.251 e. The maximum atomic E-state index is 12.0. The van der Waals surface area contributed by atoms with E-state index in [-0.39, 0.29) is 0 Å². The molecule has 1 aliphatic carbocycles. The van der Waals surface area contributed by atoms with Gasteiger partial charge in [-0.3, -0.25) is 9.59 Å². The molecule has 1 atom stereocenters. The standard InChI is InChI=1S/C14H14ClN3O2/c1-8(12(17)19)18-13(20)9-4-10(6-11(15)5-9)14(7-16)2-3-14/h4-6,8H,2-3H2,1H3,(H2,17,19)(H,18,20). The third-order valence-corrected chi connectivity index (χ3v) is 3.67. The van der Waals surface area contributed by atoms with E-state index in [0.29, 0.717) is 10.6 Å². The van der Waals surface area contributed by atoms with Crippen molar-refractivity contribution in [1.82, 2.24) is 5.32 Å². The van der Waals surface area contributed by atoms with Crippen LogP contribution in [0.2, 0.25) is 5.02 Å². The lowest BCUT2D eigenvalue weighted by Gasteiger charge is -2.13. The highest BCUT2D eigenvalue weighted by atomic mass is 35.5. The maximum Gasteiger partial charge on any atom is 0.251 e. The van der Waals surface area contributed by atoms with Crippen molar-refractivity contribution in [2.45, 2.75) is 31.2 Å². The van der Waals surface area contributed by atoms with Crippen LogP contribution in [0, 0.1) is 11.3 Å². The second-order valence-electron chi connectivity index (χ2n) is 5.02. The van der Waals surface area contributed by atoms with Gasteiger partial charge in [0, 0.05) is 10.6 Å². The Morgan fingerprint density at radius 2 is 2.10 bits per heavy atom. The molecule has 1 unspecified atom stereocenters. The van der Waals surface area contributed by atoms with Crippen molar-refractivity contribution in [2.24, 2.45) is 5.73 Å². The van der Waals surface area contributed by atoms with E-state index in [2.05, 4.69) is 11.4 Å². The van der Waals surface area contributed by atoms with Gasteiger partial charge in [0.25, 0.3) is 5.91 Å². The number of benzene rings is 1. The van der Waals surface area contributed by atoms with Crippen molar-refractivity contribution in [1.29, 1.82) is 5.26 Å². The van der Waals surface area contributed by atoms with Gasteiger partial charge in [0.15, 0.2) is 0 Å². The molecule has 20 heavy (non-hydrogen) atoms. The summed E-state index contributed by atoms with van der Waals surface area (Å²) >= 11 is 6.00. The lowest BCUT2D eigenvalue weighted by molar-refractivity contribution is -0.119. The summed E-state index contributed by atoms with van der Waals surface area (Å²) in [6.07, 6.45) is 1.53. The van der Waals surface area contributed by atoms with Gasteiger partial charge in [0.1, 0.15) is 6.04 Å². The minimum absolute atomic E-state index is 0.321. The minimum Gasteiger partial charge on any atom is -0.368 e. The Balaban J connectivity index is 2.27. The van der Waals surface area contributed by atoms with E-state index in [9.17, 15) is 14.9 Å². The van der Waals surface area contributed by atoms with Gasteiger partial charge < -0.3 is 11.1 Å². The molecular weight excluding hydrogens is 278 g/mol. The number of nitrogens with zero attached hydrogens (tertiary/aromatic N) is 1. The molecule has 0 aromatic heterocycles. The molecule has 1 fully saturated rings. The van der Waals surface area contributed by atoms with Gasteiger partial charge in [-0.25, -0.2) is 0 Å². The number of nitriles is 1. The molecule has 0 heterocycles. The largest absolute Gasteiger partial charge is 0.368 e. The first-order valence-electron chi connectivity index (χ1n) is 6.20. The Labute approximate surface area is 121 Å². The number of amides is 2. The van der Waals surface area contributed by atoms with Crippen molar-refractivity contribution in [2.75, 3.05) is 0 Å². The van der Waals surface area contributed by atoms with Crippen molar-refractivity contribution >= 4 is 23.4 Å². The molecule has 6 heteroatoms. The quantitative estimate of drug-likeness (QED) is 0.880. The van der Waals surface area contributed by atoms with Crippen molar-refractivity contribution in [3.63, 3.8) is 0 Å². The number of rotatable bonds is 4. The molecular formula is C14H14ClN3O2. The van der Waals surface area contributed by atoms with Crippen LogP contribution in [0.1, 0.15) is 35.7 Å². The first-order valence-corrected chi connectivity index (χ1v) is 6.58. The average Bonchev–Trinajstić information content (AvgIpc) is 3.18. The van der Waals surface area contributed by atoms with E-state index in [0.717, 1.165) is 18.4 Å². The summed E-state index contributed by atoms with van der Waals surface area (Å²) in [5.41, 5.74) is 5.64. The normalized spacial score (nSPS) is 16.9. The van der Waals surface area contributed by atoms with Gasteiger partial charge in [-0.05, 0) is 43.5 Å². The third-order valence-electron chi connectivity index (χ3n) is 3.45. The highest BCUT2D eigenvalue weighted by Crippen LogP contribution is 2.48. The fourth-order valence-corrected chi connectivity index (χ4v) is 2.17. The number of nitrogens with one attached hydrogen (secondary N) is 1. The minimum atomic E-state index is -0.768. The zero-order chi connectivity index (χ0) is 14.9. The SMILES string of the molecule is CC(NC(=O)c1cc(Cl)cc(C2(C#N)CC2)c1)C(N)=O. The molecule has 1 aromatic carbocycles. The lowest BCUT2D eigenvalue weighted by atomic mass is 9.95. The Kier molecular flexibility index (Phi) is 3.69. The molecule has 2 rings (SSSR count). The van der Waals surface area contributed by atoms with Gasteiger partial charge in [0.05, 0.1) is 11.5 Å². The number of carbonyl (C=O) groups excluding carboxylic acids is 2. The van der Waals surface area contributed by atoms with Gasteiger partial charge in [-0.2, -0.15) is 5.26 Å². The number of hydrogen-bond donors (Lipinski definition) is 2. The molecule has 3 N–H and O–H groups in total. The van der Waals surface area contributed by atoms with Crippen LogP contribution >= 0.6 is 11.6 Å². The zero-order valence-corrected chi connectivity index (χ0v) is 11.7. The summed E-state index contributed by atoms with van der Waals surface area (Å²) in [6, 6.07) is 6.33. The first kappa shape index (κ1) is 14.4. The van der Waals surface area contributed by atoms with Crippen LogP contribution < -0.4 is 11.1 Å². The lowest BCUT2D eigenvalue weighted by Crippen LogP contribution is -2.42. The van der Waals surface area contributed by atoms with Gasteiger partial charge in [-0.15, -0.1) is 0 Å². The Bertz CT molecular complexity index is 617. The summed E-state index contributed by atoms with van der Waals surface area (Å²) in [5, 5.41) is 12.1. The summed E-state index contributed by atoms with van der Waals surface area (Å²) in [6.45, 7) is 1.50. The van der Waals surface area contributed by atoms with Crippen molar-refractivity contribution in [3.8, 4) is 6.07 Å². The molecule has 0 bridgehead atoms. The second-order valence-corrected chi connectivity index (χ2v) is 5.46. The van der Waals surface area contributed by atoms with E-state index in [1.165, 1.54) is 13.0 Å². The molecule has 1 aliphatic rings. The topological polar surface area (TPSA) is 96.0 Å². The van der Waals surface area contributed by atoms with Gasteiger partial charge in [0.2, 0.25) is 5.91 Å². The van der Waals surface area contributed by atoms with Crippen molar-refractivity contribution in [3.05, 3.63) is 34.3 Å². The number of primary amides is 1. The van der Waals surface area contributed by atoms with Crippen LogP contribution in [0.4, 0.5) is 0 Å². The number of nitrogens with two attached hydrogens (primary N) is 1. The number of hydrogen-bond acceptors (Lipinski definition) is 3. The highest BCUT2D eigenvalue weighted by molar-refractivity contribution is 6.31. The second kappa shape index (κ2) is 5.14. The number of halogens is 1. The monoisotopic (exact) mass is 291 g/mol. The number of carbonyl (C=O) groups is 2. The molecule has 104 valence electrons. The molecule has 2 amide bonds. The third kappa shape index (κ3) is 2.75. The maximum absolute atomic E-state index is 12.0. The Morgan fingerprint density at radius 3 is 2.60 bits per heavy atom. The van der Waals surface area contributed by atoms with Crippen LogP contribution in [0.3, 0.4) is 0 Å². The van der Waals surface area contributed by atoms with Crippen LogP contribution in [0.25, 0.3) is 0 Å². The van der Waals surface area contributed by atoms with Crippen LogP contribution in [-0.4, -0.2) is 17.9 Å². The van der Waals surface area contributed by atoms with E-state index < -0.39 is 23.3 Å². The predicted octanol–water partition coefficient (Wildman–Crippen LogP) is 1.50. The Morgan fingerprint density at radius 1 is 1.45 bits per heavy atom. The van der Waals surface area contributed by atoms with Crippen LogP contribution in [0.15, 0.2) is 18.2 Å². The van der Waals surface area contributed by atoms with Crippen LogP contribution in [0.5, 0.6) is 0 Å². The molecule has 0 aliphatic heterocycles. The summed E-state index contributed by atoms with van der Waals surface area (Å²) in [7, 11) is 0. The molecule has 1 saturated carbocycles. The zero-order valence-electron chi connectivity index (χ0n) is 10.9. The summed E-state index contributed by atoms with van der Waals surface area (Å²) < 4.78 is 0. The molecule has 0 saturated heterocycles. The fourth-order valence-electron chi connectivity index (χ4n) is 1.94. The molecule has 0 radical (unpaired) electrons. The predicted molar refractivity (Wildman–Crippen MR) is 74.1 cm³/mol. The van der Waals surface area contributed by atoms with Gasteiger partial charge in [-0.1, -0.05) is 11.6 Å². The highest BCUT2D eigenvalue weighted by Gasteiger charge is 2.45. The molecule has 0 spiro atoms. The van der Waals surface area contributed by atoms with E-state index in [4.69, 9.17) is 17.3 Å². The van der Waals surface area contributed by atoms with E-state index >= 15 is 0 Å². The van der Waals surface area contributed by atoms with Crippen molar-refractivity contribution < 1.29 is 9.59 Å². The first-order chi connectivity index (χ1) is 9.38. The van der Waals surface area contributed by atoms with E-state index in [1.54, 1.807) is 12.1 Å². The van der Waals surface area contributed by atoms with Crippen LogP contribution in [-0.2, 0) is 10.2 Å². The Hall–Kier alpha value is -2.06. The molecule has 1 aromatic rings. The fraction of sp³-hybridized carbons (Fsp3) is 0.357. The van der Waals surface area contributed by atoms with Gasteiger partial charge >= 0.3 is 0 Å². The summed E-state index contributed by atoms with van der Waals surface area (Å²) in [4.78, 5) is 23.0. The summed E-state index contributed by atoms with van der Waals surface area (Å²) in [5.74, 6) is -1.05. The average molecular weight is 292 g/mol. The molecule has 5 nitrogen and oxygen atoms in total.